The van der Waals surface area contributed by atoms with E-state index in [0.717, 1.165) is 41.2 Å². The number of anilines is 1. The van der Waals surface area contributed by atoms with Gasteiger partial charge in [0.1, 0.15) is 0 Å². The van der Waals surface area contributed by atoms with Crippen LogP contribution in [0.5, 0.6) is 0 Å². The molecule has 2 aromatic rings. The first-order chi connectivity index (χ1) is 13.3. The Morgan fingerprint density at radius 1 is 1.25 bits per heavy atom. The Balaban J connectivity index is 1.98. The maximum absolute atomic E-state index is 12.6. The number of aromatic amines is 1. The molecule has 0 unspecified atom stereocenters. The van der Waals surface area contributed by atoms with Crippen molar-refractivity contribution >= 4 is 29.2 Å². The highest BCUT2D eigenvalue weighted by atomic mass is 16.2. The number of hydrogen-bond acceptors (Lipinski definition) is 3. The second kappa shape index (κ2) is 8.02. The molecule has 148 valence electrons. The second-order valence-electron chi connectivity index (χ2n) is 7.47. The van der Waals surface area contributed by atoms with E-state index in [4.69, 9.17) is 0 Å². The van der Waals surface area contributed by atoms with E-state index in [2.05, 4.69) is 32.7 Å². The number of aryl methyl sites for hydroxylation is 1. The molecular weight excluding hydrogens is 352 g/mol. The zero-order chi connectivity index (χ0) is 20.4. The van der Waals surface area contributed by atoms with Gasteiger partial charge in [0.25, 0.3) is 11.8 Å². The zero-order valence-electron chi connectivity index (χ0n) is 17.2. The predicted molar refractivity (Wildman–Crippen MR) is 113 cm³/mol. The third-order valence-corrected chi connectivity index (χ3v) is 5.04. The van der Waals surface area contributed by atoms with Crippen molar-refractivity contribution < 1.29 is 9.59 Å². The largest absolute Gasteiger partial charge is 0.358 e. The van der Waals surface area contributed by atoms with E-state index >= 15 is 0 Å². The van der Waals surface area contributed by atoms with E-state index in [0.29, 0.717) is 17.7 Å². The molecule has 0 aliphatic carbocycles. The van der Waals surface area contributed by atoms with E-state index in [1.165, 1.54) is 5.56 Å². The van der Waals surface area contributed by atoms with Crippen LogP contribution in [0.4, 0.5) is 5.69 Å². The van der Waals surface area contributed by atoms with Gasteiger partial charge in [-0.3, -0.25) is 9.59 Å². The Kier molecular flexibility index (Phi) is 5.70. The van der Waals surface area contributed by atoms with Crippen LogP contribution in [0.25, 0.3) is 11.6 Å². The number of fused-ring (bicyclic) bond motifs is 1. The molecule has 3 N–H and O–H groups in total. The normalized spacial score (nSPS) is 14.5. The average molecular weight is 380 g/mol. The number of nitrogens with one attached hydrogen (secondary N) is 3. The van der Waals surface area contributed by atoms with Crippen molar-refractivity contribution in [1.29, 1.82) is 0 Å². The second-order valence-corrected chi connectivity index (χ2v) is 7.47. The summed E-state index contributed by atoms with van der Waals surface area (Å²) in [5.74, 6) is -0.216. The molecule has 0 radical (unpaired) electrons. The molecule has 6 heteroatoms. The smallest absolute Gasteiger partial charge is 0.256 e. The molecule has 0 atom stereocenters. The summed E-state index contributed by atoms with van der Waals surface area (Å²) in [6.07, 6.45) is 2.77. The number of likely N-dealkylation sites (N-methyl/N-ethyl adjacent to an activating group) is 1. The van der Waals surface area contributed by atoms with Crippen molar-refractivity contribution in [3.63, 3.8) is 0 Å². The first-order valence-corrected chi connectivity index (χ1v) is 9.60. The lowest BCUT2D eigenvalue weighted by Gasteiger charge is -2.10. The highest BCUT2D eigenvalue weighted by Crippen LogP contribution is 2.34. The maximum atomic E-state index is 12.6. The summed E-state index contributed by atoms with van der Waals surface area (Å²) in [7, 11) is 4.10. The molecule has 0 saturated heterocycles. The van der Waals surface area contributed by atoms with E-state index in [1.807, 2.05) is 47.0 Å². The summed E-state index contributed by atoms with van der Waals surface area (Å²) in [6, 6.07) is 6.10. The van der Waals surface area contributed by atoms with Gasteiger partial charge in [-0.2, -0.15) is 0 Å². The minimum Gasteiger partial charge on any atom is -0.358 e. The van der Waals surface area contributed by atoms with Crippen LogP contribution in [0.15, 0.2) is 18.2 Å². The quantitative estimate of drug-likeness (QED) is 0.674. The number of benzene rings is 1. The van der Waals surface area contributed by atoms with Gasteiger partial charge in [0.15, 0.2) is 0 Å². The van der Waals surface area contributed by atoms with E-state index < -0.39 is 0 Å². The maximum Gasteiger partial charge on any atom is 0.256 e. The monoisotopic (exact) mass is 380 g/mol. The molecule has 0 bridgehead atoms. The number of rotatable bonds is 6. The third kappa shape index (κ3) is 3.87. The molecule has 6 nitrogen and oxygen atoms in total. The van der Waals surface area contributed by atoms with Crippen molar-refractivity contribution in [2.24, 2.45) is 0 Å². The minimum absolute atomic E-state index is 0.0966. The lowest BCUT2D eigenvalue weighted by atomic mass is 10.0. The number of carbonyl (C=O) groups excluding carboxylic acids is 2. The average Bonchev–Trinajstić information content (AvgIpc) is 3.09. The van der Waals surface area contributed by atoms with E-state index in [1.54, 1.807) is 0 Å². The number of aromatic nitrogens is 1. The number of carbonyl (C=O) groups is 2. The van der Waals surface area contributed by atoms with Gasteiger partial charge in [-0.05, 0) is 70.6 Å². The van der Waals surface area contributed by atoms with Crippen molar-refractivity contribution in [3.8, 4) is 0 Å². The standard InChI is InChI=1S/C22H28N4O2/c1-6-23-22(28)20-13(2)19(24-14(20)3)12-17-16-11-15(9-10-26(4)5)7-8-18(16)25-21(17)27/h7-8,11-12,24H,6,9-10H2,1-5H3,(H,23,28)(H,25,27)/b17-12-. The van der Waals surface area contributed by atoms with Crippen molar-refractivity contribution in [3.05, 3.63) is 51.8 Å². The molecule has 0 saturated carbocycles. The van der Waals surface area contributed by atoms with Crippen molar-refractivity contribution in [2.75, 3.05) is 32.5 Å². The lowest BCUT2D eigenvalue weighted by molar-refractivity contribution is -0.110. The van der Waals surface area contributed by atoms with Crippen LogP contribution in [0.2, 0.25) is 0 Å². The Bertz CT molecular complexity index is 954. The van der Waals surface area contributed by atoms with E-state index in [9.17, 15) is 9.59 Å². The van der Waals surface area contributed by atoms with Crippen molar-refractivity contribution in [2.45, 2.75) is 27.2 Å². The molecule has 0 spiro atoms. The molecule has 1 aromatic carbocycles. The van der Waals surface area contributed by atoms with Gasteiger partial charge < -0.3 is 20.5 Å². The van der Waals surface area contributed by atoms with Crippen LogP contribution in [-0.2, 0) is 11.2 Å². The molecule has 28 heavy (non-hydrogen) atoms. The topological polar surface area (TPSA) is 77.2 Å². The molecule has 2 heterocycles. The highest BCUT2D eigenvalue weighted by molar-refractivity contribution is 6.35. The zero-order valence-corrected chi connectivity index (χ0v) is 17.2. The van der Waals surface area contributed by atoms with Gasteiger partial charge in [-0.25, -0.2) is 0 Å². The van der Waals surface area contributed by atoms with E-state index in [-0.39, 0.29) is 11.8 Å². The minimum atomic E-state index is -0.119. The summed E-state index contributed by atoms with van der Waals surface area (Å²) in [5.41, 5.74) is 6.63. The fourth-order valence-corrected chi connectivity index (χ4v) is 3.54. The van der Waals surface area contributed by atoms with Gasteiger partial charge in [-0.1, -0.05) is 6.07 Å². The summed E-state index contributed by atoms with van der Waals surface area (Å²) in [6.45, 7) is 7.20. The lowest BCUT2D eigenvalue weighted by Crippen LogP contribution is -2.23. The fraction of sp³-hybridized carbons (Fsp3) is 0.364. The fourth-order valence-electron chi connectivity index (χ4n) is 3.54. The van der Waals surface area contributed by atoms with Gasteiger partial charge in [0.2, 0.25) is 0 Å². The number of hydrogen-bond donors (Lipinski definition) is 3. The molecule has 0 fully saturated rings. The first-order valence-electron chi connectivity index (χ1n) is 9.60. The van der Waals surface area contributed by atoms with Crippen LogP contribution in [0.3, 0.4) is 0 Å². The molecule has 1 aromatic heterocycles. The summed E-state index contributed by atoms with van der Waals surface area (Å²) in [5, 5.41) is 5.78. The first kappa shape index (κ1) is 19.9. The molecular formula is C22H28N4O2. The van der Waals surface area contributed by atoms with Crippen LogP contribution in [0, 0.1) is 13.8 Å². The van der Waals surface area contributed by atoms with Crippen LogP contribution in [0.1, 0.15) is 45.4 Å². The molecule has 1 aliphatic rings. The predicted octanol–water partition coefficient (Wildman–Crippen LogP) is 2.98. The van der Waals surface area contributed by atoms with Gasteiger partial charge in [0, 0.05) is 35.7 Å². The Morgan fingerprint density at radius 3 is 2.68 bits per heavy atom. The third-order valence-electron chi connectivity index (χ3n) is 5.04. The van der Waals surface area contributed by atoms with Gasteiger partial charge in [0.05, 0.1) is 11.1 Å². The van der Waals surface area contributed by atoms with Gasteiger partial charge >= 0.3 is 0 Å². The molecule has 1 aliphatic heterocycles. The van der Waals surface area contributed by atoms with Gasteiger partial charge in [-0.15, -0.1) is 0 Å². The van der Waals surface area contributed by atoms with Crippen LogP contribution in [-0.4, -0.2) is 48.9 Å². The van der Waals surface area contributed by atoms with Crippen LogP contribution < -0.4 is 10.6 Å². The van der Waals surface area contributed by atoms with Crippen molar-refractivity contribution in [1.82, 2.24) is 15.2 Å². The Hall–Kier alpha value is -2.86. The molecule has 3 rings (SSSR count). The number of amides is 2. The Labute approximate surface area is 166 Å². The highest BCUT2D eigenvalue weighted by Gasteiger charge is 2.26. The SMILES string of the molecule is CCNC(=O)c1c(C)[nH]c(/C=C2\C(=O)Nc3ccc(CCN(C)C)cc32)c1C. The summed E-state index contributed by atoms with van der Waals surface area (Å²) in [4.78, 5) is 30.3. The van der Waals surface area contributed by atoms with Crippen LogP contribution >= 0.6 is 0 Å². The summed E-state index contributed by atoms with van der Waals surface area (Å²) < 4.78 is 0. The summed E-state index contributed by atoms with van der Waals surface area (Å²) >= 11 is 0. The number of nitrogens with zero attached hydrogens (tertiary/aromatic N) is 1. The molecule has 2 amide bonds. The Morgan fingerprint density at radius 2 is 2.00 bits per heavy atom. The number of H-pyrrole nitrogens is 1.